The Morgan fingerprint density at radius 1 is 1.09 bits per heavy atom. The van der Waals surface area contributed by atoms with Crippen LogP contribution in [-0.4, -0.2) is 24.3 Å². The van der Waals surface area contributed by atoms with Crippen molar-refractivity contribution in [3.63, 3.8) is 0 Å². The summed E-state index contributed by atoms with van der Waals surface area (Å²) in [6, 6.07) is 12.8. The number of anilines is 3. The van der Waals surface area contributed by atoms with E-state index in [1.54, 1.807) is 18.2 Å². The highest BCUT2D eigenvalue weighted by molar-refractivity contribution is 6.03. The minimum Gasteiger partial charge on any atom is -0.464 e. The van der Waals surface area contributed by atoms with Gasteiger partial charge >= 0.3 is 6.09 Å². The molecule has 0 radical (unpaired) electrons. The maximum Gasteiger partial charge on any atom is 0.416 e. The van der Waals surface area contributed by atoms with Gasteiger partial charge in [0.1, 0.15) is 5.69 Å². The van der Waals surface area contributed by atoms with Crippen LogP contribution < -0.4 is 14.5 Å². The summed E-state index contributed by atoms with van der Waals surface area (Å²) in [5, 5.41) is 9.74. The molecule has 1 N–H and O–H groups in total. The van der Waals surface area contributed by atoms with Crippen LogP contribution in [0.4, 0.5) is 21.9 Å². The number of fused-ring (bicyclic) bond motifs is 2. The molecule has 0 bridgehead atoms. The van der Waals surface area contributed by atoms with E-state index in [4.69, 9.17) is 4.74 Å². The van der Waals surface area contributed by atoms with Gasteiger partial charge in [0.25, 0.3) is 0 Å². The van der Waals surface area contributed by atoms with Crippen LogP contribution >= 0.6 is 0 Å². The maximum atomic E-state index is 11.9. The van der Waals surface area contributed by atoms with E-state index in [0.29, 0.717) is 22.9 Å². The molecule has 0 saturated carbocycles. The zero-order valence-corrected chi connectivity index (χ0v) is 12.6. The highest BCUT2D eigenvalue weighted by Crippen LogP contribution is 2.50. The first-order valence-corrected chi connectivity index (χ1v) is 7.35. The summed E-state index contributed by atoms with van der Waals surface area (Å²) < 4.78 is 5.91. The average Bonchev–Trinajstić information content (AvgIpc) is 2.53. The summed E-state index contributed by atoms with van der Waals surface area (Å²) in [4.78, 5) is 15.3. The molecule has 22 heavy (non-hydrogen) atoms. The molecule has 0 aliphatic carbocycles. The van der Waals surface area contributed by atoms with Crippen LogP contribution in [0.3, 0.4) is 0 Å². The molecule has 3 rings (SSSR count). The van der Waals surface area contributed by atoms with Crippen LogP contribution in [0, 0.1) is 0 Å². The summed E-state index contributed by atoms with van der Waals surface area (Å²) in [6.45, 7) is 5.68. The Kier molecular flexibility index (Phi) is 3.63. The highest BCUT2D eigenvalue weighted by Gasteiger charge is 2.32. The fourth-order valence-corrected chi connectivity index (χ4v) is 2.80. The molecule has 1 aliphatic rings. The summed E-state index contributed by atoms with van der Waals surface area (Å²) in [5.41, 5.74) is 1.99. The lowest BCUT2D eigenvalue weighted by atomic mass is 10.1. The van der Waals surface area contributed by atoms with Crippen molar-refractivity contribution >= 4 is 23.2 Å². The molecule has 2 aromatic carbocycles. The number of amides is 1. The van der Waals surface area contributed by atoms with Gasteiger partial charge in [-0.15, -0.1) is 0 Å². The number of para-hydroxylation sites is 3. The number of rotatable bonds is 3. The number of hydrogen-bond donors (Lipinski definition) is 1. The topological polar surface area (TPSA) is 53.0 Å². The number of benzene rings is 2. The molecule has 0 spiro atoms. The predicted octanol–water partition coefficient (Wildman–Crippen LogP) is 4.45. The van der Waals surface area contributed by atoms with E-state index in [1.807, 2.05) is 38.1 Å². The third-order valence-electron chi connectivity index (χ3n) is 3.82. The Labute approximate surface area is 129 Å². The Morgan fingerprint density at radius 3 is 2.45 bits per heavy atom. The van der Waals surface area contributed by atoms with Gasteiger partial charge in [-0.25, -0.2) is 9.69 Å². The van der Waals surface area contributed by atoms with Crippen molar-refractivity contribution in [3.8, 4) is 11.5 Å². The summed E-state index contributed by atoms with van der Waals surface area (Å²) in [7, 11) is 0. The number of carboxylic acid groups (broad SMARTS) is 1. The number of carbonyl (C=O) groups is 1. The first-order chi connectivity index (χ1) is 10.7. The molecule has 2 aromatic rings. The minimum absolute atomic E-state index is 0.544. The molecule has 1 heterocycles. The fraction of sp³-hybridized carbons (Fsp3) is 0.235. The standard InChI is InChI=1S/C17H18N2O3/c1-3-18(4-2)13-9-7-11-15-16(13)19(17(20)21)12-8-5-6-10-14(12)22-15/h5-11H,3-4H2,1-2H3,(H,20,21). The summed E-state index contributed by atoms with van der Waals surface area (Å²) in [5.74, 6) is 1.11. The lowest BCUT2D eigenvalue weighted by molar-refractivity contribution is 0.204. The van der Waals surface area contributed by atoms with Crippen LogP contribution in [-0.2, 0) is 0 Å². The Balaban J connectivity index is 2.23. The molecular formula is C17H18N2O3. The highest BCUT2D eigenvalue weighted by atomic mass is 16.5. The molecule has 1 amide bonds. The number of nitrogens with zero attached hydrogens (tertiary/aromatic N) is 2. The average molecular weight is 298 g/mol. The van der Waals surface area contributed by atoms with Crippen LogP contribution in [0.25, 0.3) is 0 Å². The molecule has 114 valence electrons. The second-order valence-electron chi connectivity index (χ2n) is 4.98. The van der Waals surface area contributed by atoms with Gasteiger partial charge in [0.15, 0.2) is 11.5 Å². The van der Waals surface area contributed by atoms with Crippen molar-refractivity contribution in [1.29, 1.82) is 0 Å². The molecule has 0 atom stereocenters. The second kappa shape index (κ2) is 5.60. The summed E-state index contributed by atoms with van der Waals surface area (Å²) >= 11 is 0. The first kappa shape index (κ1) is 14.3. The lowest BCUT2D eigenvalue weighted by Gasteiger charge is -2.33. The molecule has 5 nitrogen and oxygen atoms in total. The van der Waals surface area contributed by atoms with E-state index in [-0.39, 0.29) is 0 Å². The minimum atomic E-state index is -1.02. The van der Waals surface area contributed by atoms with E-state index in [1.165, 1.54) is 4.90 Å². The van der Waals surface area contributed by atoms with Gasteiger partial charge in [-0.3, -0.25) is 0 Å². The monoisotopic (exact) mass is 298 g/mol. The van der Waals surface area contributed by atoms with E-state index in [0.717, 1.165) is 18.8 Å². The van der Waals surface area contributed by atoms with Crippen LogP contribution in [0.15, 0.2) is 42.5 Å². The molecule has 0 fully saturated rings. The Morgan fingerprint density at radius 2 is 1.77 bits per heavy atom. The van der Waals surface area contributed by atoms with E-state index in [2.05, 4.69) is 4.90 Å². The molecular weight excluding hydrogens is 280 g/mol. The van der Waals surface area contributed by atoms with Gasteiger partial charge < -0.3 is 14.7 Å². The molecule has 0 aromatic heterocycles. The zero-order valence-electron chi connectivity index (χ0n) is 12.6. The van der Waals surface area contributed by atoms with Crippen molar-refractivity contribution < 1.29 is 14.6 Å². The van der Waals surface area contributed by atoms with E-state index < -0.39 is 6.09 Å². The maximum absolute atomic E-state index is 11.9. The van der Waals surface area contributed by atoms with Gasteiger partial charge in [-0.1, -0.05) is 18.2 Å². The van der Waals surface area contributed by atoms with Crippen molar-refractivity contribution in [1.82, 2.24) is 0 Å². The Bertz CT molecular complexity index is 711. The third kappa shape index (κ3) is 2.15. The van der Waals surface area contributed by atoms with Crippen LogP contribution in [0.2, 0.25) is 0 Å². The first-order valence-electron chi connectivity index (χ1n) is 7.35. The molecule has 0 saturated heterocycles. The third-order valence-corrected chi connectivity index (χ3v) is 3.82. The van der Waals surface area contributed by atoms with Crippen molar-refractivity contribution in [2.75, 3.05) is 22.9 Å². The predicted molar refractivity (Wildman–Crippen MR) is 86.7 cm³/mol. The Hall–Kier alpha value is -2.69. The smallest absolute Gasteiger partial charge is 0.416 e. The largest absolute Gasteiger partial charge is 0.464 e. The van der Waals surface area contributed by atoms with E-state index in [9.17, 15) is 9.90 Å². The summed E-state index contributed by atoms with van der Waals surface area (Å²) in [6.07, 6.45) is -1.02. The zero-order chi connectivity index (χ0) is 15.7. The quantitative estimate of drug-likeness (QED) is 0.909. The molecule has 0 unspecified atom stereocenters. The molecule has 1 aliphatic heterocycles. The van der Waals surface area contributed by atoms with Crippen molar-refractivity contribution in [3.05, 3.63) is 42.5 Å². The van der Waals surface area contributed by atoms with Gasteiger partial charge in [0.2, 0.25) is 0 Å². The van der Waals surface area contributed by atoms with Gasteiger partial charge in [-0.05, 0) is 38.1 Å². The molecule has 5 heteroatoms. The van der Waals surface area contributed by atoms with Gasteiger partial charge in [0.05, 0.1) is 11.4 Å². The normalized spacial score (nSPS) is 12.2. The number of ether oxygens (including phenoxy) is 1. The second-order valence-corrected chi connectivity index (χ2v) is 4.98. The van der Waals surface area contributed by atoms with Crippen LogP contribution in [0.5, 0.6) is 11.5 Å². The SMILES string of the molecule is CCN(CC)c1cccc2c1N(C(=O)O)c1ccccc1O2. The van der Waals surface area contributed by atoms with Crippen molar-refractivity contribution in [2.24, 2.45) is 0 Å². The van der Waals surface area contributed by atoms with E-state index >= 15 is 0 Å². The fourth-order valence-electron chi connectivity index (χ4n) is 2.80. The lowest BCUT2D eigenvalue weighted by Crippen LogP contribution is -2.31. The van der Waals surface area contributed by atoms with Crippen LogP contribution in [0.1, 0.15) is 13.8 Å². The number of hydrogen-bond acceptors (Lipinski definition) is 3. The van der Waals surface area contributed by atoms with Gasteiger partial charge in [0, 0.05) is 13.1 Å². The van der Waals surface area contributed by atoms with Crippen molar-refractivity contribution in [2.45, 2.75) is 13.8 Å². The van der Waals surface area contributed by atoms with Gasteiger partial charge in [-0.2, -0.15) is 0 Å².